The molecule has 1 heterocycles. The second-order valence-corrected chi connectivity index (χ2v) is 3.78. The van der Waals surface area contributed by atoms with Crippen LogP contribution in [-0.2, 0) is 7.05 Å². The first-order valence-electron chi connectivity index (χ1n) is 4.03. The lowest BCUT2D eigenvalue weighted by Gasteiger charge is -1.88. The number of hydrogen-bond acceptors (Lipinski definition) is 2. The highest BCUT2D eigenvalue weighted by Crippen LogP contribution is 2.07. The lowest BCUT2D eigenvalue weighted by atomic mass is 10.4. The quantitative estimate of drug-likeness (QED) is 0.714. The molecule has 0 amide bonds. The molecule has 66 valence electrons. The van der Waals surface area contributed by atoms with E-state index in [1.807, 2.05) is 17.8 Å². The van der Waals surface area contributed by atoms with Gasteiger partial charge in [-0.3, -0.25) is 4.68 Å². The maximum absolute atomic E-state index is 4.30. The van der Waals surface area contributed by atoms with Crippen LogP contribution < -0.4 is 0 Å². The number of nitrogens with zero attached hydrogens (tertiary/aromatic N) is 2. The van der Waals surface area contributed by atoms with E-state index >= 15 is 0 Å². The predicted octanol–water partition coefficient (Wildman–Crippen LogP) is 2.45. The Balaban J connectivity index is 2.64. The van der Waals surface area contributed by atoms with Gasteiger partial charge in [-0.05, 0) is 30.2 Å². The fourth-order valence-electron chi connectivity index (χ4n) is 0.884. The van der Waals surface area contributed by atoms with E-state index in [0.717, 1.165) is 11.4 Å². The standard InChI is InChI=1S/C9H14N2S/c1-4-12-6-5-9-7-8(2)11(3)10-9/h5-7H,4H2,1-3H3. The summed E-state index contributed by atoms with van der Waals surface area (Å²) in [6.45, 7) is 4.19. The zero-order valence-corrected chi connectivity index (χ0v) is 8.56. The molecule has 0 bridgehead atoms. The van der Waals surface area contributed by atoms with E-state index < -0.39 is 0 Å². The summed E-state index contributed by atoms with van der Waals surface area (Å²) < 4.78 is 1.89. The molecule has 0 N–H and O–H groups in total. The molecule has 0 spiro atoms. The minimum atomic E-state index is 1.04. The van der Waals surface area contributed by atoms with Crippen molar-refractivity contribution in [1.29, 1.82) is 0 Å². The second-order valence-electron chi connectivity index (χ2n) is 2.59. The van der Waals surface area contributed by atoms with Gasteiger partial charge in [-0.15, -0.1) is 11.8 Å². The molecule has 1 aromatic rings. The molecule has 2 nitrogen and oxygen atoms in total. The van der Waals surface area contributed by atoms with Crippen LogP contribution in [0.15, 0.2) is 11.5 Å². The van der Waals surface area contributed by atoms with Crippen LogP contribution >= 0.6 is 11.8 Å². The number of aromatic nitrogens is 2. The third-order valence-corrected chi connectivity index (χ3v) is 2.30. The summed E-state index contributed by atoms with van der Waals surface area (Å²) in [5.41, 5.74) is 2.23. The fraction of sp³-hybridized carbons (Fsp3) is 0.444. The fourth-order valence-corrected chi connectivity index (χ4v) is 1.31. The van der Waals surface area contributed by atoms with Crippen molar-refractivity contribution in [2.45, 2.75) is 13.8 Å². The Labute approximate surface area is 77.7 Å². The molecule has 0 aliphatic heterocycles. The van der Waals surface area contributed by atoms with Crippen LogP contribution in [-0.4, -0.2) is 15.5 Å². The first kappa shape index (κ1) is 9.39. The highest BCUT2D eigenvalue weighted by Gasteiger charge is 1.95. The van der Waals surface area contributed by atoms with E-state index in [1.54, 1.807) is 11.8 Å². The molecule has 0 saturated heterocycles. The lowest BCUT2D eigenvalue weighted by Crippen LogP contribution is -1.91. The summed E-state index contributed by atoms with van der Waals surface area (Å²) in [7, 11) is 1.96. The smallest absolute Gasteiger partial charge is 0.0858 e. The van der Waals surface area contributed by atoms with Crippen LogP contribution in [0.2, 0.25) is 0 Å². The molecule has 0 aliphatic carbocycles. The summed E-state index contributed by atoms with van der Waals surface area (Å²) in [6.07, 6.45) is 2.04. The van der Waals surface area contributed by atoms with E-state index in [2.05, 4.69) is 30.4 Å². The van der Waals surface area contributed by atoms with Crippen LogP contribution in [0.3, 0.4) is 0 Å². The van der Waals surface area contributed by atoms with Crippen molar-refractivity contribution in [2.75, 3.05) is 5.75 Å². The minimum Gasteiger partial charge on any atom is -0.272 e. The zero-order chi connectivity index (χ0) is 8.97. The first-order valence-corrected chi connectivity index (χ1v) is 5.07. The number of aryl methyl sites for hydroxylation is 2. The topological polar surface area (TPSA) is 17.8 Å². The van der Waals surface area contributed by atoms with Crippen molar-refractivity contribution < 1.29 is 0 Å². The lowest BCUT2D eigenvalue weighted by molar-refractivity contribution is 0.737. The molecule has 0 unspecified atom stereocenters. The molecule has 1 aromatic heterocycles. The number of hydrogen-bond donors (Lipinski definition) is 0. The molecular weight excluding hydrogens is 168 g/mol. The average molecular weight is 182 g/mol. The minimum absolute atomic E-state index is 1.04. The Morgan fingerprint density at radius 3 is 2.92 bits per heavy atom. The summed E-state index contributed by atoms with van der Waals surface area (Å²) in [4.78, 5) is 0. The van der Waals surface area contributed by atoms with Crippen molar-refractivity contribution in [3.63, 3.8) is 0 Å². The Morgan fingerprint density at radius 2 is 2.42 bits per heavy atom. The average Bonchev–Trinajstić information content (AvgIpc) is 2.32. The summed E-state index contributed by atoms with van der Waals surface area (Å²) >= 11 is 1.79. The Bertz CT molecular complexity index is 257. The third-order valence-electron chi connectivity index (χ3n) is 1.63. The maximum atomic E-state index is 4.30. The normalized spacial score (nSPS) is 11.2. The van der Waals surface area contributed by atoms with Crippen molar-refractivity contribution in [2.24, 2.45) is 7.05 Å². The van der Waals surface area contributed by atoms with Crippen molar-refractivity contribution in [3.8, 4) is 0 Å². The van der Waals surface area contributed by atoms with E-state index in [-0.39, 0.29) is 0 Å². The first-order chi connectivity index (χ1) is 5.74. The molecule has 0 aliphatic rings. The van der Waals surface area contributed by atoms with Gasteiger partial charge < -0.3 is 0 Å². The number of rotatable bonds is 3. The highest BCUT2D eigenvalue weighted by molar-refractivity contribution is 8.02. The zero-order valence-electron chi connectivity index (χ0n) is 7.74. The van der Waals surface area contributed by atoms with Gasteiger partial charge in [0.25, 0.3) is 0 Å². The summed E-state index contributed by atoms with van der Waals surface area (Å²) in [5.74, 6) is 1.11. The maximum Gasteiger partial charge on any atom is 0.0858 e. The molecular formula is C9H14N2S. The van der Waals surface area contributed by atoms with Crippen molar-refractivity contribution in [1.82, 2.24) is 9.78 Å². The van der Waals surface area contributed by atoms with Gasteiger partial charge in [0.2, 0.25) is 0 Å². The Hall–Kier alpha value is -0.700. The van der Waals surface area contributed by atoms with Gasteiger partial charge in [-0.25, -0.2) is 0 Å². The third kappa shape index (κ3) is 2.41. The number of thioether (sulfide) groups is 1. The van der Waals surface area contributed by atoms with Gasteiger partial charge in [0.15, 0.2) is 0 Å². The molecule has 0 radical (unpaired) electrons. The summed E-state index contributed by atoms with van der Waals surface area (Å²) in [5, 5.41) is 6.38. The SMILES string of the molecule is CCSC=Cc1cc(C)n(C)n1. The van der Waals surface area contributed by atoms with E-state index in [9.17, 15) is 0 Å². The molecule has 3 heteroatoms. The van der Waals surface area contributed by atoms with Crippen LogP contribution in [0.5, 0.6) is 0 Å². The highest BCUT2D eigenvalue weighted by atomic mass is 32.2. The van der Waals surface area contributed by atoms with E-state index in [4.69, 9.17) is 0 Å². The molecule has 1 rings (SSSR count). The van der Waals surface area contributed by atoms with Gasteiger partial charge in [0.1, 0.15) is 0 Å². The van der Waals surface area contributed by atoms with Crippen LogP contribution in [0.1, 0.15) is 18.3 Å². The van der Waals surface area contributed by atoms with Gasteiger partial charge in [0, 0.05) is 12.7 Å². The monoisotopic (exact) mass is 182 g/mol. The van der Waals surface area contributed by atoms with Crippen molar-refractivity contribution >= 4 is 17.8 Å². The van der Waals surface area contributed by atoms with Crippen molar-refractivity contribution in [3.05, 3.63) is 22.9 Å². The van der Waals surface area contributed by atoms with Gasteiger partial charge >= 0.3 is 0 Å². The molecule has 0 fully saturated rings. The van der Waals surface area contributed by atoms with E-state index in [0.29, 0.717) is 0 Å². The largest absolute Gasteiger partial charge is 0.272 e. The van der Waals surface area contributed by atoms with Gasteiger partial charge in [-0.2, -0.15) is 5.10 Å². The van der Waals surface area contributed by atoms with Gasteiger partial charge in [0.05, 0.1) is 5.69 Å². The van der Waals surface area contributed by atoms with E-state index in [1.165, 1.54) is 5.69 Å². The second kappa shape index (κ2) is 4.36. The molecule has 12 heavy (non-hydrogen) atoms. The Morgan fingerprint density at radius 1 is 1.67 bits per heavy atom. The Kier molecular flexibility index (Phi) is 3.41. The predicted molar refractivity (Wildman–Crippen MR) is 55.1 cm³/mol. The molecule has 0 saturated carbocycles. The molecule has 0 atom stereocenters. The van der Waals surface area contributed by atoms with Crippen LogP contribution in [0.25, 0.3) is 6.08 Å². The van der Waals surface area contributed by atoms with Gasteiger partial charge in [-0.1, -0.05) is 6.92 Å². The summed E-state index contributed by atoms with van der Waals surface area (Å²) in [6, 6.07) is 2.08. The van der Waals surface area contributed by atoms with Crippen LogP contribution in [0, 0.1) is 6.92 Å². The molecule has 0 aromatic carbocycles. The van der Waals surface area contributed by atoms with Crippen LogP contribution in [0.4, 0.5) is 0 Å².